The molecule has 0 atom stereocenters. The van der Waals surface area contributed by atoms with E-state index in [1.807, 2.05) is 27.8 Å². The number of hydrogen-bond acceptors (Lipinski definition) is 5. The van der Waals surface area contributed by atoms with E-state index in [1.165, 1.54) is 4.90 Å². The number of rotatable bonds is 8. The second kappa shape index (κ2) is 8.16. The number of aromatic nitrogens is 3. The summed E-state index contributed by atoms with van der Waals surface area (Å²) in [5.41, 5.74) is 3.55. The highest BCUT2D eigenvalue weighted by molar-refractivity contribution is 5.87. The van der Waals surface area contributed by atoms with Crippen LogP contribution < -0.4 is 4.74 Å². The average Bonchev–Trinajstić information content (AvgIpc) is 2.89. The number of carbonyl (C=O) groups is 2. The predicted molar refractivity (Wildman–Crippen MR) is 97.4 cm³/mol. The molecule has 1 amide bonds. The second-order valence-electron chi connectivity index (χ2n) is 6.34. The van der Waals surface area contributed by atoms with E-state index in [2.05, 4.69) is 10.1 Å². The lowest BCUT2D eigenvalue weighted by Crippen LogP contribution is -2.36. The van der Waals surface area contributed by atoms with Crippen molar-refractivity contribution in [3.8, 4) is 5.88 Å². The Morgan fingerprint density at radius 1 is 1.31 bits per heavy atom. The van der Waals surface area contributed by atoms with Crippen molar-refractivity contribution >= 4 is 22.9 Å². The molecule has 0 saturated heterocycles. The number of carbonyl (C=O) groups excluding carboxylic acids is 1. The number of ether oxygens (including phenoxy) is 1. The maximum Gasteiger partial charge on any atom is 0.323 e. The molecule has 2 aromatic heterocycles. The van der Waals surface area contributed by atoms with Crippen molar-refractivity contribution < 1.29 is 19.4 Å². The lowest BCUT2D eigenvalue weighted by Gasteiger charge is -2.20. The summed E-state index contributed by atoms with van der Waals surface area (Å²) in [6.07, 6.45) is 1.46. The van der Waals surface area contributed by atoms with E-state index in [-0.39, 0.29) is 18.9 Å². The zero-order valence-corrected chi connectivity index (χ0v) is 16.0. The van der Waals surface area contributed by atoms with E-state index in [1.54, 1.807) is 11.8 Å². The molecule has 0 spiro atoms. The van der Waals surface area contributed by atoms with E-state index in [0.29, 0.717) is 18.8 Å². The molecular weight excluding hydrogens is 336 g/mol. The van der Waals surface area contributed by atoms with E-state index in [4.69, 9.17) is 9.84 Å². The molecular formula is C18H26N4O4. The number of carboxylic acid groups (broad SMARTS) is 1. The Hall–Kier alpha value is -2.64. The fourth-order valence-corrected chi connectivity index (χ4v) is 3.22. The number of aliphatic carboxylic acids is 1. The predicted octanol–water partition coefficient (Wildman–Crippen LogP) is 1.85. The SMILES string of the molecule is CCCN(CC(=O)O)C(=O)CCc1c(C)nc2c(c(OC)nn2C)c1C. The molecule has 0 radical (unpaired) electrons. The first-order valence-corrected chi connectivity index (χ1v) is 8.66. The molecule has 142 valence electrons. The van der Waals surface area contributed by atoms with E-state index in [0.717, 1.165) is 34.3 Å². The van der Waals surface area contributed by atoms with Crippen molar-refractivity contribution in [2.75, 3.05) is 20.2 Å². The molecule has 26 heavy (non-hydrogen) atoms. The number of methoxy groups -OCH3 is 1. The first-order valence-electron chi connectivity index (χ1n) is 8.66. The minimum absolute atomic E-state index is 0.161. The highest BCUT2D eigenvalue weighted by Crippen LogP contribution is 2.30. The standard InChI is InChI=1S/C18H26N4O4/c1-6-9-22(10-15(24)25)14(23)8-7-13-11(2)16-17(19-12(13)3)21(4)20-18(16)26-5/h6-10H2,1-5H3,(H,24,25). The van der Waals surface area contributed by atoms with E-state index >= 15 is 0 Å². The molecule has 0 aliphatic carbocycles. The monoisotopic (exact) mass is 362 g/mol. The smallest absolute Gasteiger partial charge is 0.323 e. The Bertz CT molecular complexity index is 828. The summed E-state index contributed by atoms with van der Waals surface area (Å²) in [4.78, 5) is 29.4. The third-order valence-electron chi connectivity index (χ3n) is 4.48. The highest BCUT2D eigenvalue weighted by atomic mass is 16.5. The fourth-order valence-electron chi connectivity index (χ4n) is 3.22. The lowest BCUT2D eigenvalue weighted by atomic mass is 10.00. The summed E-state index contributed by atoms with van der Waals surface area (Å²) in [5, 5.41) is 14.2. The van der Waals surface area contributed by atoms with E-state index in [9.17, 15) is 9.59 Å². The Morgan fingerprint density at radius 3 is 2.58 bits per heavy atom. The zero-order valence-electron chi connectivity index (χ0n) is 16.0. The summed E-state index contributed by atoms with van der Waals surface area (Å²) in [6.45, 7) is 5.98. The Balaban J connectivity index is 2.27. The van der Waals surface area contributed by atoms with Crippen molar-refractivity contribution in [2.45, 2.75) is 40.0 Å². The number of carboxylic acids is 1. The van der Waals surface area contributed by atoms with Crippen LogP contribution in [-0.4, -0.2) is 56.8 Å². The summed E-state index contributed by atoms with van der Waals surface area (Å²) in [6, 6.07) is 0. The van der Waals surface area contributed by atoms with Crippen LogP contribution in [0.5, 0.6) is 5.88 Å². The number of fused-ring (bicyclic) bond motifs is 1. The van der Waals surface area contributed by atoms with Crippen LogP contribution in [0.3, 0.4) is 0 Å². The maximum absolute atomic E-state index is 12.5. The van der Waals surface area contributed by atoms with Gasteiger partial charge in [0, 0.05) is 25.7 Å². The van der Waals surface area contributed by atoms with Gasteiger partial charge in [0.15, 0.2) is 5.65 Å². The minimum atomic E-state index is -0.998. The van der Waals surface area contributed by atoms with Gasteiger partial charge in [-0.3, -0.25) is 9.59 Å². The van der Waals surface area contributed by atoms with Gasteiger partial charge < -0.3 is 14.7 Å². The van der Waals surface area contributed by atoms with Gasteiger partial charge in [-0.25, -0.2) is 9.67 Å². The van der Waals surface area contributed by atoms with Crippen LogP contribution in [0.4, 0.5) is 0 Å². The van der Waals surface area contributed by atoms with Gasteiger partial charge in [-0.2, -0.15) is 0 Å². The van der Waals surface area contributed by atoms with Crippen LogP contribution in [0.2, 0.25) is 0 Å². The van der Waals surface area contributed by atoms with E-state index < -0.39 is 5.97 Å². The molecule has 2 heterocycles. The Labute approximate surface area is 152 Å². The third kappa shape index (κ3) is 3.95. The van der Waals surface area contributed by atoms with Gasteiger partial charge in [0.2, 0.25) is 11.8 Å². The molecule has 0 fully saturated rings. The Kier molecular flexibility index (Phi) is 6.18. The molecule has 2 aromatic rings. The van der Waals surface area contributed by atoms with Gasteiger partial charge in [-0.15, -0.1) is 5.10 Å². The van der Waals surface area contributed by atoms with Crippen LogP contribution >= 0.6 is 0 Å². The van der Waals surface area contributed by atoms with Crippen LogP contribution in [0, 0.1) is 13.8 Å². The molecule has 0 saturated carbocycles. The summed E-state index contributed by atoms with van der Waals surface area (Å²) >= 11 is 0. The molecule has 1 N–H and O–H groups in total. The summed E-state index contributed by atoms with van der Waals surface area (Å²) < 4.78 is 7.03. The van der Waals surface area contributed by atoms with Gasteiger partial charge in [0.25, 0.3) is 0 Å². The molecule has 0 aromatic carbocycles. The van der Waals surface area contributed by atoms with Gasteiger partial charge in [-0.1, -0.05) is 6.92 Å². The van der Waals surface area contributed by atoms with Crippen LogP contribution in [-0.2, 0) is 23.1 Å². The average molecular weight is 362 g/mol. The molecule has 0 aliphatic heterocycles. The molecule has 0 bridgehead atoms. The normalized spacial score (nSPS) is 11.0. The molecule has 0 unspecified atom stereocenters. The number of amides is 1. The first kappa shape index (κ1) is 19.7. The van der Waals surface area contributed by atoms with Crippen molar-refractivity contribution in [3.05, 3.63) is 16.8 Å². The maximum atomic E-state index is 12.5. The van der Waals surface area contributed by atoms with Crippen molar-refractivity contribution in [2.24, 2.45) is 7.05 Å². The summed E-state index contributed by atoms with van der Waals surface area (Å²) in [5.74, 6) is -0.646. The summed E-state index contributed by atoms with van der Waals surface area (Å²) in [7, 11) is 3.38. The van der Waals surface area contributed by atoms with Crippen molar-refractivity contribution in [1.29, 1.82) is 0 Å². The zero-order chi connectivity index (χ0) is 19.4. The molecule has 2 rings (SSSR count). The quantitative estimate of drug-likeness (QED) is 0.770. The first-order chi connectivity index (χ1) is 12.3. The number of nitrogens with zero attached hydrogens (tertiary/aromatic N) is 4. The largest absolute Gasteiger partial charge is 0.480 e. The number of hydrogen-bond donors (Lipinski definition) is 1. The van der Waals surface area contributed by atoms with Gasteiger partial charge in [-0.05, 0) is 37.8 Å². The van der Waals surface area contributed by atoms with Gasteiger partial charge in [0.1, 0.15) is 6.54 Å². The van der Waals surface area contributed by atoms with Crippen LogP contribution in [0.25, 0.3) is 11.0 Å². The number of pyridine rings is 1. The second-order valence-corrected chi connectivity index (χ2v) is 6.34. The van der Waals surface area contributed by atoms with Crippen molar-refractivity contribution in [1.82, 2.24) is 19.7 Å². The minimum Gasteiger partial charge on any atom is -0.480 e. The van der Waals surface area contributed by atoms with Crippen molar-refractivity contribution in [3.63, 3.8) is 0 Å². The number of aryl methyl sites for hydroxylation is 3. The topological polar surface area (TPSA) is 97.6 Å². The lowest BCUT2D eigenvalue weighted by molar-refractivity contribution is -0.144. The highest BCUT2D eigenvalue weighted by Gasteiger charge is 2.20. The van der Waals surface area contributed by atoms with Crippen LogP contribution in [0.1, 0.15) is 36.6 Å². The molecule has 8 nitrogen and oxygen atoms in total. The molecule has 8 heteroatoms. The van der Waals surface area contributed by atoms with Crippen LogP contribution in [0.15, 0.2) is 0 Å². The van der Waals surface area contributed by atoms with Gasteiger partial charge >= 0.3 is 5.97 Å². The molecule has 0 aliphatic rings. The fraction of sp³-hybridized carbons (Fsp3) is 0.556. The Morgan fingerprint density at radius 2 is 2.00 bits per heavy atom. The van der Waals surface area contributed by atoms with Gasteiger partial charge in [0.05, 0.1) is 12.5 Å². The third-order valence-corrected chi connectivity index (χ3v) is 4.48.